The monoisotopic (exact) mass is 476 g/mol. The molecule has 3 aliphatic rings. The second-order valence-corrected chi connectivity index (χ2v) is 8.50. The molecule has 0 aliphatic carbocycles. The van der Waals surface area contributed by atoms with Crippen LogP contribution in [0.5, 0.6) is 11.5 Å². The summed E-state index contributed by atoms with van der Waals surface area (Å²) in [5.41, 5.74) is 3.27. The molecule has 5 rings (SSSR count). The van der Waals surface area contributed by atoms with Crippen LogP contribution in [0.15, 0.2) is 47.4 Å². The Kier molecular flexibility index (Phi) is 6.37. The van der Waals surface area contributed by atoms with Gasteiger partial charge in [-0.15, -0.1) is 0 Å². The number of carbonyl (C=O) groups excluding carboxylic acids is 2. The van der Waals surface area contributed by atoms with E-state index >= 15 is 0 Å². The summed E-state index contributed by atoms with van der Waals surface area (Å²) in [6, 6.07) is 5.43. The van der Waals surface area contributed by atoms with Crippen molar-refractivity contribution in [3.63, 3.8) is 0 Å². The lowest BCUT2D eigenvalue weighted by molar-refractivity contribution is -0.112. The summed E-state index contributed by atoms with van der Waals surface area (Å²) >= 11 is 0. The van der Waals surface area contributed by atoms with Gasteiger partial charge in [-0.25, -0.2) is 4.99 Å². The molecule has 0 bridgehead atoms. The number of amidine groups is 1. The molecule has 4 heterocycles. The molecule has 0 atom stereocenters. The van der Waals surface area contributed by atoms with Gasteiger partial charge in [-0.1, -0.05) is 6.08 Å². The van der Waals surface area contributed by atoms with Gasteiger partial charge in [-0.2, -0.15) is 0 Å². The Hall–Kier alpha value is -3.92. The number of hydrogen-bond donors (Lipinski definition) is 2. The van der Waals surface area contributed by atoms with Crippen LogP contribution in [0.1, 0.15) is 28.8 Å². The molecule has 182 valence electrons. The van der Waals surface area contributed by atoms with Crippen molar-refractivity contribution < 1.29 is 19.1 Å². The van der Waals surface area contributed by atoms with Crippen LogP contribution in [0.2, 0.25) is 0 Å². The minimum absolute atomic E-state index is 0.158. The second-order valence-electron chi connectivity index (χ2n) is 8.50. The van der Waals surface area contributed by atoms with Gasteiger partial charge in [0.25, 0.3) is 11.8 Å². The maximum Gasteiger partial charge on any atom is 0.274 e. The molecule has 0 saturated carbocycles. The van der Waals surface area contributed by atoms with Crippen molar-refractivity contribution in [1.29, 1.82) is 0 Å². The number of aromatic nitrogens is 1. The molecule has 35 heavy (non-hydrogen) atoms. The van der Waals surface area contributed by atoms with Crippen molar-refractivity contribution in [2.75, 3.05) is 50.6 Å². The van der Waals surface area contributed by atoms with Crippen LogP contribution in [-0.2, 0) is 11.3 Å². The van der Waals surface area contributed by atoms with Crippen LogP contribution in [0.3, 0.4) is 0 Å². The Morgan fingerprint density at radius 3 is 2.69 bits per heavy atom. The highest BCUT2D eigenvalue weighted by Crippen LogP contribution is 2.36. The number of nitrogens with one attached hydrogen (secondary N) is 2. The number of hydrogen-bond acceptors (Lipinski definition) is 8. The molecule has 1 fully saturated rings. The number of benzene rings is 1. The zero-order valence-electron chi connectivity index (χ0n) is 19.8. The third-order valence-electron chi connectivity index (χ3n) is 6.42. The number of amides is 2. The highest BCUT2D eigenvalue weighted by Gasteiger charge is 2.33. The normalized spacial score (nSPS) is 17.5. The van der Waals surface area contributed by atoms with E-state index in [1.807, 2.05) is 12.1 Å². The largest absolute Gasteiger partial charge is 0.493 e. The van der Waals surface area contributed by atoms with Crippen LogP contribution >= 0.6 is 0 Å². The maximum absolute atomic E-state index is 13.2. The Bertz CT molecular complexity index is 1220. The number of fused-ring (bicyclic) bond motifs is 1. The minimum atomic E-state index is -0.320. The van der Waals surface area contributed by atoms with E-state index in [9.17, 15) is 9.59 Å². The van der Waals surface area contributed by atoms with Gasteiger partial charge < -0.3 is 25.0 Å². The molecular weight excluding hydrogens is 448 g/mol. The van der Waals surface area contributed by atoms with Crippen molar-refractivity contribution >= 4 is 29.0 Å². The standard InChI is InChI=1S/C25H28N6O4/c1-34-21-12-16-15-31(25(33)17(16)13-22(21)35-2)23-5-3-4-18(28-23)24(32)29-19-14-27-7-6-20(19)30-10-8-26-9-11-30/h4,6-7,12-14,26H,3,5,8-11,15H2,1-2H3,(H,29,32). The summed E-state index contributed by atoms with van der Waals surface area (Å²) in [5.74, 6) is 1.17. The number of aliphatic imine (C=N–C) groups is 1. The molecule has 2 amide bonds. The van der Waals surface area contributed by atoms with E-state index in [4.69, 9.17) is 9.47 Å². The first-order chi connectivity index (χ1) is 17.1. The van der Waals surface area contributed by atoms with Crippen LogP contribution in [-0.4, -0.2) is 67.9 Å². The molecule has 0 unspecified atom stereocenters. The minimum Gasteiger partial charge on any atom is -0.493 e. The average Bonchev–Trinajstić information content (AvgIpc) is 3.23. The van der Waals surface area contributed by atoms with Crippen LogP contribution in [0.25, 0.3) is 0 Å². The van der Waals surface area contributed by atoms with Crippen LogP contribution in [0, 0.1) is 0 Å². The van der Waals surface area contributed by atoms with Gasteiger partial charge in [-0.3, -0.25) is 19.5 Å². The summed E-state index contributed by atoms with van der Waals surface area (Å²) in [4.78, 5) is 38.9. The fourth-order valence-corrected chi connectivity index (χ4v) is 4.62. The third kappa shape index (κ3) is 4.44. The van der Waals surface area contributed by atoms with E-state index < -0.39 is 0 Å². The van der Waals surface area contributed by atoms with Gasteiger partial charge in [0.1, 0.15) is 11.5 Å². The van der Waals surface area contributed by atoms with E-state index in [0.29, 0.717) is 53.7 Å². The second kappa shape index (κ2) is 9.75. The molecule has 1 aromatic carbocycles. The SMILES string of the molecule is COc1cc2c(cc1OC)C(=O)N(C1=NC(C(=O)Nc3cnccc3N3CCNCC3)=CCC1)C2. The van der Waals surface area contributed by atoms with E-state index in [2.05, 4.69) is 25.5 Å². The van der Waals surface area contributed by atoms with Gasteiger partial charge >= 0.3 is 0 Å². The molecule has 1 aromatic heterocycles. The summed E-state index contributed by atoms with van der Waals surface area (Å²) in [5, 5.41) is 6.31. The third-order valence-corrected chi connectivity index (χ3v) is 6.42. The summed E-state index contributed by atoms with van der Waals surface area (Å²) in [6.07, 6.45) is 6.38. The van der Waals surface area contributed by atoms with Crippen molar-refractivity contribution in [3.8, 4) is 11.5 Å². The lowest BCUT2D eigenvalue weighted by Gasteiger charge is -2.30. The first-order valence-corrected chi connectivity index (χ1v) is 11.6. The molecule has 10 nitrogen and oxygen atoms in total. The number of rotatable bonds is 5. The van der Waals surface area contributed by atoms with Crippen LogP contribution in [0.4, 0.5) is 11.4 Å². The predicted molar refractivity (Wildman–Crippen MR) is 132 cm³/mol. The number of piperazine rings is 1. The zero-order chi connectivity index (χ0) is 24.4. The number of carbonyl (C=O) groups is 2. The lowest BCUT2D eigenvalue weighted by atomic mass is 10.1. The Morgan fingerprint density at radius 2 is 1.91 bits per heavy atom. The van der Waals surface area contributed by atoms with Crippen LogP contribution < -0.4 is 25.0 Å². The number of allylic oxidation sites excluding steroid dienone is 1. The van der Waals surface area contributed by atoms with Gasteiger partial charge in [0, 0.05) is 44.4 Å². The van der Waals surface area contributed by atoms with Crippen molar-refractivity contribution in [2.45, 2.75) is 19.4 Å². The van der Waals surface area contributed by atoms with Gasteiger partial charge in [0.05, 0.1) is 38.3 Å². The van der Waals surface area contributed by atoms with Crippen molar-refractivity contribution in [2.24, 2.45) is 4.99 Å². The highest BCUT2D eigenvalue weighted by molar-refractivity contribution is 6.12. The number of ether oxygens (including phenoxy) is 2. The van der Waals surface area contributed by atoms with E-state index in [1.165, 1.54) is 7.11 Å². The molecule has 10 heteroatoms. The number of anilines is 2. The summed E-state index contributed by atoms with van der Waals surface area (Å²) < 4.78 is 10.7. The van der Waals surface area contributed by atoms with E-state index in [0.717, 1.165) is 37.4 Å². The predicted octanol–water partition coefficient (Wildman–Crippen LogP) is 2.18. The fraction of sp³-hybridized carbons (Fsp3) is 0.360. The summed E-state index contributed by atoms with van der Waals surface area (Å²) in [7, 11) is 3.10. The van der Waals surface area contributed by atoms with Crippen molar-refractivity contribution in [3.05, 3.63) is 53.5 Å². The summed E-state index contributed by atoms with van der Waals surface area (Å²) in [6.45, 7) is 3.85. The molecule has 0 spiro atoms. The Morgan fingerprint density at radius 1 is 1.14 bits per heavy atom. The smallest absolute Gasteiger partial charge is 0.274 e. The molecule has 3 aliphatic heterocycles. The number of methoxy groups -OCH3 is 2. The molecule has 2 N–H and O–H groups in total. The first-order valence-electron chi connectivity index (χ1n) is 11.6. The average molecular weight is 477 g/mol. The van der Waals surface area contributed by atoms with Crippen molar-refractivity contribution in [1.82, 2.24) is 15.2 Å². The number of pyridine rings is 1. The topological polar surface area (TPSA) is 108 Å². The quantitative estimate of drug-likeness (QED) is 0.681. The fourth-order valence-electron chi connectivity index (χ4n) is 4.62. The van der Waals surface area contributed by atoms with Gasteiger partial charge in [0.15, 0.2) is 11.5 Å². The Labute approximate surface area is 203 Å². The molecule has 2 aromatic rings. The highest BCUT2D eigenvalue weighted by atomic mass is 16.5. The maximum atomic E-state index is 13.2. The number of nitrogens with zero attached hydrogens (tertiary/aromatic N) is 4. The van der Waals surface area contributed by atoms with Gasteiger partial charge in [-0.05, 0) is 30.2 Å². The van der Waals surface area contributed by atoms with Gasteiger partial charge in [0.2, 0.25) is 0 Å². The zero-order valence-corrected chi connectivity index (χ0v) is 19.8. The lowest BCUT2D eigenvalue weighted by Crippen LogP contribution is -2.43. The molecular formula is C25H28N6O4. The molecule has 0 radical (unpaired) electrons. The Balaban J connectivity index is 1.34. The van der Waals surface area contributed by atoms with E-state index in [-0.39, 0.29) is 11.8 Å². The van der Waals surface area contributed by atoms with E-state index in [1.54, 1.807) is 36.5 Å². The molecule has 1 saturated heterocycles. The first kappa shape index (κ1) is 22.9.